The molecule has 1 unspecified atom stereocenters. The molecule has 0 spiro atoms. The lowest BCUT2D eigenvalue weighted by molar-refractivity contribution is -0.307. The molecule has 0 aliphatic carbocycles. The molecule has 0 heterocycles. The number of esters is 1. The quantitative estimate of drug-likeness (QED) is 0.570. The van der Waals surface area contributed by atoms with Crippen LogP contribution in [0, 0.1) is 3.57 Å². The second-order valence-electron chi connectivity index (χ2n) is 4.42. The van der Waals surface area contributed by atoms with Crippen LogP contribution in [-0.2, 0) is 14.3 Å². The topological polar surface area (TPSA) is 95.5 Å². The Bertz CT molecular complexity index is 558. The van der Waals surface area contributed by atoms with Gasteiger partial charge in [0, 0.05) is 28.6 Å². The Labute approximate surface area is 136 Å². The highest BCUT2D eigenvalue weighted by Gasteiger charge is 2.16. The Balaban J connectivity index is 2.88. The standard InChI is InChI=1S/C14H16INO5/c1-3-12(7-13(18)19)21-14(20)9-4-10(15)6-11(5-9)16-8(2)17/h4-6,12H,3,7H2,1-2H3,(H,16,17)(H,18,19)/p-1. The van der Waals surface area contributed by atoms with Crippen LogP contribution in [0.2, 0.25) is 0 Å². The van der Waals surface area contributed by atoms with Crippen LogP contribution in [0.4, 0.5) is 5.69 Å². The number of halogens is 1. The molecule has 0 radical (unpaired) electrons. The number of ether oxygens (including phenoxy) is 1. The summed E-state index contributed by atoms with van der Waals surface area (Å²) in [6.07, 6.45) is -0.697. The minimum atomic E-state index is -1.27. The number of nitrogens with one attached hydrogen (secondary N) is 1. The summed E-state index contributed by atoms with van der Waals surface area (Å²) in [5, 5.41) is 13.1. The first-order valence-corrected chi connectivity index (χ1v) is 7.38. The van der Waals surface area contributed by atoms with Crippen molar-refractivity contribution in [2.75, 3.05) is 5.32 Å². The van der Waals surface area contributed by atoms with E-state index in [0.717, 1.165) is 3.57 Å². The van der Waals surface area contributed by atoms with Gasteiger partial charge in [0.2, 0.25) is 5.91 Å². The molecule has 114 valence electrons. The van der Waals surface area contributed by atoms with Crippen molar-refractivity contribution >= 4 is 46.1 Å². The Morgan fingerprint density at radius 3 is 2.52 bits per heavy atom. The normalized spacial score (nSPS) is 11.6. The van der Waals surface area contributed by atoms with Gasteiger partial charge in [-0.3, -0.25) is 4.79 Å². The van der Waals surface area contributed by atoms with Crippen molar-refractivity contribution in [2.24, 2.45) is 0 Å². The molecule has 7 heteroatoms. The second kappa shape index (κ2) is 7.96. The lowest BCUT2D eigenvalue weighted by atomic mass is 10.1. The maximum Gasteiger partial charge on any atom is 0.338 e. The number of hydrogen-bond donors (Lipinski definition) is 1. The summed E-state index contributed by atoms with van der Waals surface area (Å²) in [6, 6.07) is 4.79. The molecule has 0 aliphatic heterocycles. The number of carboxylic acid groups (broad SMARTS) is 1. The lowest BCUT2D eigenvalue weighted by Gasteiger charge is -2.17. The zero-order valence-corrected chi connectivity index (χ0v) is 13.8. The van der Waals surface area contributed by atoms with E-state index in [9.17, 15) is 19.5 Å². The number of anilines is 1. The van der Waals surface area contributed by atoms with Crippen molar-refractivity contribution in [1.82, 2.24) is 0 Å². The number of hydrogen-bond acceptors (Lipinski definition) is 5. The lowest BCUT2D eigenvalue weighted by Crippen LogP contribution is -2.30. The zero-order valence-electron chi connectivity index (χ0n) is 11.6. The van der Waals surface area contributed by atoms with Gasteiger partial charge in [-0.15, -0.1) is 0 Å². The van der Waals surface area contributed by atoms with Crippen LogP contribution >= 0.6 is 22.6 Å². The minimum absolute atomic E-state index is 0.250. The van der Waals surface area contributed by atoms with E-state index in [0.29, 0.717) is 12.1 Å². The Morgan fingerprint density at radius 1 is 1.33 bits per heavy atom. The molecule has 1 rings (SSSR count). The summed E-state index contributed by atoms with van der Waals surface area (Å²) in [4.78, 5) is 33.6. The van der Waals surface area contributed by atoms with E-state index in [1.165, 1.54) is 13.0 Å². The Hall–Kier alpha value is -1.64. The fourth-order valence-electron chi connectivity index (χ4n) is 1.66. The highest BCUT2D eigenvalue weighted by atomic mass is 127. The average Bonchev–Trinajstić information content (AvgIpc) is 2.35. The second-order valence-corrected chi connectivity index (χ2v) is 5.67. The van der Waals surface area contributed by atoms with Gasteiger partial charge in [-0.05, 0) is 47.2 Å². The van der Waals surface area contributed by atoms with E-state index in [-0.39, 0.29) is 17.9 Å². The first-order valence-electron chi connectivity index (χ1n) is 6.30. The Kier molecular flexibility index (Phi) is 6.60. The van der Waals surface area contributed by atoms with Crippen LogP contribution < -0.4 is 10.4 Å². The fourth-order valence-corrected chi connectivity index (χ4v) is 2.33. The van der Waals surface area contributed by atoms with E-state index in [1.54, 1.807) is 19.1 Å². The molecule has 21 heavy (non-hydrogen) atoms. The fraction of sp³-hybridized carbons (Fsp3) is 0.357. The molecule has 1 aromatic rings. The number of carbonyl (C=O) groups is 3. The smallest absolute Gasteiger partial charge is 0.338 e. The van der Waals surface area contributed by atoms with Crippen LogP contribution in [0.5, 0.6) is 0 Å². The molecule has 0 saturated carbocycles. The van der Waals surface area contributed by atoms with Crippen LogP contribution in [-0.4, -0.2) is 23.9 Å². The van der Waals surface area contributed by atoms with Crippen molar-refractivity contribution in [2.45, 2.75) is 32.8 Å². The monoisotopic (exact) mass is 404 g/mol. The van der Waals surface area contributed by atoms with E-state index >= 15 is 0 Å². The molecule has 0 saturated heterocycles. The number of benzene rings is 1. The SMILES string of the molecule is CCC(CC(=O)[O-])OC(=O)c1cc(I)cc(NC(C)=O)c1. The molecule has 1 N–H and O–H groups in total. The third-order valence-electron chi connectivity index (χ3n) is 2.58. The van der Waals surface area contributed by atoms with Gasteiger partial charge in [0.25, 0.3) is 0 Å². The van der Waals surface area contributed by atoms with Crippen LogP contribution in [0.3, 0.4) is 0 Å². The zero-order chi connectivity index (χ0) is 16.0. The van der Waals surface area contributed by atoms with Gasteiger partial charge in [-0.2, -0.15) is 0 Å². The predicted molar refractivity (Wildman–Crippen MR) is 82.6 cm³/mol. The van der Waals surface area contributed by atoms with E-state index in [4.69, 9.17) is 4.74 Å². The molecule has 1 amide bonds. The molecule has 6 nitrogen and oxygen atoms in total. The molecule has 0 bridgehead atoms. The summed E-state index contributed by atoms with van der Waals surface area (Å²) < 4.78 is 5.88. The van der Waals surface area contributed by atoms with Crippen LogP contribution in [0.1, 0.15) is 37.0 Å². The predicted octanol–water partition coefficient (Wildman–Crippen LogP) is 1.32. The van der Waals surface area contributed by atoms with Gasteiger partial charge in [0.1, 0.15) is 6.10 Å². The summed E-state index contributed by atoms with van der Waals surface area (Å²) >= 11 is 2.01. The summed E-state index contributed by atoms with van der Waals surface area (Å²) in [5.74, 6) is -2.15. The van der Waals surface area contributed by atoms with Crippen LogP contribution in [0.25, 0.3) is 0 Å². The van der Waals surface area contributed by atoms with Crippen molar-refractivity contribution in [1.29, 1.82) is 0 Å². The number of rotatable bonds is 6. The highest BCUT2D eigenvalue weighted by Crippen LogP contribution is 2.19. The number of aliphatic carboxylic acids is 1. The van der Waals surface area contributed by atoms with Crippen molar-refractivity contribution in [3.05, 3.63) is 27.3 Å². The summed E-state index contributed by atoms with van der Waals surface area (Å²) in [6.45, 7) is 3.09. The van der Waals surface area contributed by atoms with Crippen molar-refractivity contribution < 1.29 is 24.2 Å². The molecular formula is C14H15INO5-. The Morgan fingerprint density at radius 2 is 2.00 bits per heavy atom. The van der Waals surface area contributed by atoms with Gasteiger partial charge in [-0.1, -0.05) is 6.92 Å². The van der Waals surface area contributed by atoms with Gasteiger partial charge in [0.05, 0.1) is 5.56 Å². The van der Waals surface area contributed by atoms with Gasteiger partial charge in [0.15, 0.2) is 0 Å². The molecule has 0 aromatic heterocycles. The first-order chi connectivity index (χ1) is 9.81. The molecular weight excluding hydrogens is 389 g/mol. The highest BCUT2D eigenvalue weighted by molar-refractivity contribution is 14.1. The van der Waals surface area contributed by atoms with Gasteiger partial charge >= 0.3 is 5.97 Å². The molecule has 1 aromatic carbocycles. The first kappa shape index (κ1) is 17.4. The maximum atomic E-state index is 12.0. The van der Waals surface area contributed by atoms with Crippen molar-refractivity contribution in [3.8, 4) is 0 Å². The van der Waals surface area contributed by atoms with Crippen molar-refractivity contribution in [3.63, 3.8) is 0 Å². The van der Waals surface area contributed by atoms with E-state index in [2.05, 4.69) is 5.32 Å². The van der Waals surface area contributed by atoms with Crippen LogP contribution in [0.15, 0.2) is 18.2 Å². The number of amides is 1. The molecule has 1 atom stereocenters. The maximum absolute atomic E-state index is 12.0. The third-order valence-corrected chi connectivity index (χ3v) is 3.20. The summed E-state index contributed by atoms with van der Waals surface area (Å²) in [5.41, 5.74) is 0.733. The van der Waals surface area contributed by atoms with E-state index in [1.807, 2.05) is 22.6 Å². The molecule has 0 fully saturated rings. The minimum Gasteiger partial charge on any atom is -0.550 e. The van der Waals surface area contributed by atoms with Gasteiger partial charge in [-0.25, -0.2) is 4.79 Å². The van der Waals surface area contributed by atoms with Gasteiger partial charge < -0.3 is 20.0 Å². The largest absolute Gasteiger partial charge is 0.550 e. The number of carbonyl (C=O) groups excluding carboxylic acids is 3. The third kappa shape index (κ3) is 6.11. The summed E-state index contributed by atoms with van der Waals surface area (Å²) in [7, 11) is 0. The average molecular weight is 404 g/mol. The number of carboxylic acids is 1. The molecule has 0 aliphatic rings. The van der Waals surface area contributed by atoms with E-state index < -0.39 is 18.0 Å².